The van der Waals surface area contributed by atoms with Crippen molar-refractivity contribution >= 4 is 15.9 Å². The fourth-order valence-corrected chi connectivity index (χ4v) is 4.33. The average Bonchev–Trinajstić information content (AvgIpc) is 2.78. The van der Waals surface area contributed by atoms with E-state index in [0.29, 0.717) is 13.0 Å². The summed E-state index contributed by atoms with van der Waals surface area (Å²) in [5.74, 6) is -0.440. The van der Waals surface area contributed by atoms with Gasteiger partial charge in [-0.2, -0.15) is 0 Å². The minimum atomic E-state index is -3.65. The zero-order chi connectivity index (χ0) is 22.3. The van der Waals surface area contributed by atoms with Gasteiger partial charge >= 0.3 is 0 Å². The maximum absolute atomic E-state index is 12.9. The fraction of sp³-hybridized carbons (Fsp3) is 0.208. The average molecular weight is 441 g/mol. The molecule has 0 aliphatic carbocycles. The Morgan fingerprint density at radius 2 is 1.52 bits per heavy atom. The van der Waals surface area contributed by atoms with Gasteiger partial charge in [0.1, 0.15) is 5.82 Å². The number of amides is 1. The Bertz CT molecular complexity index is 1100. The zero-order valence-electron chi connectivity index (χ0n) is 17.2. The maximum atomic E-state index is 12.9. The van der Waals surface area contributed by atoms with E-state index < -0.39 is 10.0 Å². The van der Waals surface area contributed by atoms with Crippen molar-refractivity contribution in [2.75, 3.05) is 0 Å². The van der Waals surface area contributed by atoms with Crippen LogP contribution in [-0.2, 0) is 27.8 Å². The summed E-state index contributed by atoms with van der Waals surface area (Å²) in [6.45, 7) is 2.13. The van der Waals surface area contributed by atoms with Crippen LogP contribution < -0.4 is 10.0 Å². The van der Waals surface area contributed by atoms with Crippen molar-refractivity contribution in [2.24, 2.45) is 0 Å². The van der Waals surface area contributed by atoms with Crippen LogP contribution in [-0.4, -0.2) is 14.3 Å². The molecule has 0 aliphatic heterocycles. The molecule has 0 bridgehead atoms. The van der Waals surface area contributed by atoms with Crippen LogP contribution in [0.3, 0.4) is 0 Å². The highest BCUT2D eigenvalue weighted by Crippen LogP contribution is 2.17. The SMILES string of the molecule is C[C@H](NS(=O)(=O)c1ccc(CCC(=O)NCc2ccc(F)cc2)cc1)c1ccccc1. The molecule has 0 saturated heterocycles. The first-order chi connectivity index (χ1) is 14.8. The standard InChI is InChI=1S/C24H25FN2O3S/c1-18(21-5-3-2-4-6-21)27-31(29,30)23-14-9-19(10-15-23)11-16-24(28)26-17-20-7-12-22(25)13-8-20/h2-10,12-15,18,27H,11,16-17H2,1H3,(H,26,28)/t18-/m0/s1. The molecule has 1 amide bonds. The Labute approximate surface area is 182 Å². The monoisotopic (exact) mass is 440 g/mol. The molecule has 3 aromatic carbocycles. The van der Waals surface area contributed by atoms with Gasteiger partial charge in [0.2, 0.25) is 15.9 Å². The van der Waals surface area contributed by atoms with Crippen LogP contribution in [0.2, 0.25) is 0 Å². The van der Waals surface area contributed by atoms with Crippen molar-refractivity contribution in [2.45, 2.75) is 37.2 Å². The van der Waals surface area contributed by atoms with E-state index in [-0.39, 0.29) is 29.1 Å². The predicted molar refractivity (Wildman–Crippen MR) is 118 cm³/mol. The van der Waals surface area contributed by atoms with Crippen molar-refractivity contribution in [3.05, 3.63) is 101 Å². The molecule has 0 aromatic heterocycles. The number of carbonyl (C=O) groups excluding carboxylic acids is 1. The highest BCUT2D eigenvalue weighted by Gasteiger charge is 2.18. The third-order valence-corrected chi connectivity index (χ3v) is 6.47. The number of carbonyl (C=O) groups is 1. The van der Waals surface area contributed by atoms with Crippen molar-refractivity contribution < 1.29 is 17.6 Å². The minimum absolute atomic E-state index is 0.126. The lowest BCUT2D eigenvalue weighted by Gasteiger charge is -2.15. The van der Waals surface area contributed by atoms with Crippen LogP contribution >= 0.6 is 0 Å². The summed E-state index contributed by atoms with van der Waals surface area (Å²) < 4.78 is 40.9. The summed E-state index contributed by atoms with van der Waals surface area (Å²) in [6, 6.07) is 21.5. The molecule has 31 heavy (non-hydrogen) atoms. The van der Waals surface area contributed by atoms with E-state index in [2.05, 4.69) is 10.0 Å². The van der Waals surface area contributed by atoms with Crippen molar-refractivity contribution in [1.82, 2.24) is 10.0 Å². The lowest BCUT2D eigenvalue weighted by atomic mass is 10.1. The van der Waals surface area contributed by atoms with Crippen LogP contribution in [0.5, 0.6) is 0 Å². The second-order valence-corrected chi connectivity index (χ2v) is 9.01. The zero-order valence-corrected chi connectivity index (χ0v) is 18.0. The number of hydrogen-bond acceptors (Lipinski definition) is 3. The molecule has 7 heteroatoms. The molecule has 2 N–H and O–H groups in total. The summed E-state index contributed by atoms with van der Waals surface area (Å²) in [6.07, 6.45) is 0.764. The van der Waals surface area contributed by atoms with Crippen molar-refractivity contribution in [1.29, 1.82) is 0 Å². The van der Waals surface area contributed by atoms with Gasteiger partial charge in [-0.1, -0.05) is 54.6 Å². The first-order valence-corrected chi connectivity index (χ1v) is 11.5. The van der Waals surface area contributed by atoms with Gasteiger partial charge in [-0.15, -0.1) is 0 Å². The van der Waals surface area contributed by atoms with Gasteiger partial charge in [0.05, 0.1) is 4.90 Å². The molecule has 162 valence electrons. The fourth-order valence-electron chi connectivity index (χ4n) is 3.09. The number of benzene rings is 3. The van der Waals surface area contributed by atoms with Crippen LogP contribution in [0.25, 0.3) is 0 Å². The molecule has 0 heterocycles. The number of hydrogen-bond donors (Lipinski definition) is 2. The number of sulfonamides is 1. The third-order valence-electron chi connectivity index (χ3n) is 4.91. The minimum Gasteiger partial charge on any atom is -0.352 e. The Morgan fingerprint density at radius 3 is 2.16 bits per heavy atom. The molecule has 0 saturated carbocycles. The molecule has 3 rings (SSSR count). The van der Waals surface area contributed by atoms with Crippen LogP contribution in [0, 0.1) is 5.82 Å². The van der Waals surface area contributed by atoms with E-state index in [1.54, 1.807) is 43.3 Å². The second-order valence-electron chi connectivity index (χ2n) is 7.30. The van der Waals surface area contributed by atoms with Gasteiger partial charge in [0.15, 0.2) is 0 Å². The number of aryl methyl sites for hydroxylation is 1. The Balaban J connectivity index is 1.51. The van der Waals surface area contributed by atoms with Gasteiger partial charge in [-0.3, -0.25) is 4.79 Å². The molecule has 0 unspecified atom stereocenters. The predicted octanol–water partition coefficient (Wildman–Crippen LogP) is 4.11. The second kappa shape index (κ2) is 10.3. The molecule has 0 spiro atoms. The number of rotatable bonds is 9. The number of nitrogens with one attached hydrogen (secondary N) is 2. The van der Waals surface area contributed by atoms with Gasteiger partial charge in [0.25, 0.3) is 0 Å². The van der Waals surface area contributed by atoms with E-state index in [1.165, 1.54) is 12.1 Å². The Kier molecular flexibility index (Phi) is 7.55. The van der Waals surface area contributed by atoms with Gasteiger partial charge in [-0.05, 0) is 54.3 Å². The van der Waals surface area contributed by atoms with E-state index >= 15 is 0 Å². The summed E-state index contributed by atoms with van der Waals surface area (Å²) >= 11 is 0. The quantitative estimate of drug-likeness (QED) is 0.526. The van der Waals surface area contributed by atoms with Gasteiger partial charge in [0, 0.05) is 19.0 Å². The molecule has 0 aliphatic rings. The van der Waals surface area contributed by atoms with Crippen LogP contribution in [0.4, 0.5) is 4.39 Å². The molecule has 3 aromatic rings. The highest BCUT2D eigenvalue weighted by atomic mass is 32.2. The smallest absolute Gasteiger partial charge is 0.241 e. The highest BCUT2D eigenvalue weighted by molar-refractivity contribution is 7.89. The van der Waals surface area contributed by atoms with Crippen LogP contribution in [0.15, 0.2) is 83.8 Å². The normalized spacial score (nSPS) is 12.3. The first-order valence-electron chi connectivity index (χ1n) is 10.0. The summed E-state index contributed by atoms with van der Waals surface area (Å²) in [4.78, 5) is 12.2. The van der Waals surface area contributed by atoms with E-state index in [1.807, 2.05) is 30.3 Å². The van der Waals surface area contributed by atoms with Crippen molar-refractivity contribution in [3.63, 3.8) is 0 Å². The third kappa shape index (κ3) is 6.73. The summed E-state index contributed by atoms with van der Waals surface area (Å²) in [5, 5.41) is 2.79. The van der Waals surface area contributed by atoms with E-state index in [0.717, 1.165) is 16.7 Å². The Morgan fingerprint density at radius 1 is 0.903 bits per heavy atom. The lowest BCUT2D eigenvalue weighted by molar-refractivity contribution is -0.121. The maximum Gasteiger partial charge on any atom is 0.241 e. The van der Waals surface area contributed by atoms with Gasteiger partial charge < -0.3 is 5.32 Å². The summed E-state index contributed by atoms with van der Waals surface area (Å²) in [7, 11) is -3.65. The van der Waals surface area contributed by atoms with E-state index in [4.69, 9.17) is 0 Å². The van der Waals surface area contributed by atoms with Crippen molar-refractivity contribution in [3.8, 4) is 0 Å². The lowest BCUT2D eigenvalue weighted by Crippen LogP contribution is -2.26. The van der Waals surface area contributed by atoms with Gasteiger partial charge in [-0.25, -0.2) is 17.5 Å². The Hall–Kier alpha value is -3.03. The first kappa shape index (κ1) is 22.7. The molecular weight excluding hydrogens is 415 g/mol. The molecule has 1 atom stereocenters. The molecular formula is C24H25FN2O3S. The van der Waals surface area contributed by atoms with E-state index in [9.17, 15) is 17.6 Å². The number of halogens is 1. The topological polar surface area (TPSA) is 75.3 Å². The summed E-state index contributed by atoms with van der Waals surface area (Å²) in [5.41, 5.74) is 2.57. The largest absolute Gasteiger partial charge is 0.352 e. The van der Waals surface area contributed by atoms with Crippen LogP contribution in [0.1, 0.15) is 36.1 Å². The molecule has 0 radical (unpaired) electrons. The molecule has 5 nitrogen and oxygen atoms in total. The molecule has 0 fully saturated rings.